The van der Waals surface area contributed by atoms with Gasteiger partial charge in [-0.2, -0.15) is 0 Å². The molecular weight excluding hydrogens is 417 g/mol. The molecule has 0 bridgehead atoms. The molecule has 3 heterocycles. The zero-order valence-electron chi connectivity index (χ0n) is 17.1. The summed E-state index contributed by atoms with van der Waals surface area (Å²) in [7, 11) is 0. The standard InChI is InChI=1S/C24H25Cl2N3O/c1-16(30)29-21-7-3-2-6-18(21)24-22(29)10-13-28(17-8-9-19(25)20(26)14-17)23(24)15-27-11-4-5-12-27/h2-3,6-9,14,23H,4-5,10-13,15H2,1H3. The Morgan fingerprint density at radius 3 is 2.53 bits per heavy atom. The Hall–Kier alpha value is -2.01. The minimum atomic E-state index is 0.0790. The highest BCUT2D eigenvalue weighted by Gasteiger charge is 2.35. The van der Waals surface area contributed by atoms with E-state index in [-0.39, 0.29) is 11.9 Å². The summed E-state index contributed by atoms with van der Waals surface area (Å²) in [5, 5.41) is 2.32. The molecule has 5 rings (SSSR count). The van der Waals surface area contributed by atoms with E-state index in [9.17, 15) is 4.79 Å². The summed E-state index contributed by atoms with van der Waals surface area (Å²) in [6, 6.07) is 14.4. The van der Waals surface area contributed by atoms with Gasteiger partial charge in [0, 0.05) is 48.8 Å². The van der Waals surface area contributed by atoms with Gasteiger partial charge in [-0.1, -0.05) is 41.4 Å². The first-order valence-corrected chi connectivity index (χ1v) is 11.4. The number of carbonyl (C=O) groups excluding carboxylic acids is 1. The molecule has 1 fully saturated rings. The third-order valence-electron chi connectivity index (χ3n) is 6.49. The minimum Gasteiger partial charge on any atom is -0.363 e. The van der Waals surface area contributed by atoms with E-state index in [0.717, 1.165) is 49.5 Å². The molecule has 2 aliphatic heterocycles. The number of anilines is 1. The summed E-state index contributed by atoms with van der Waals surface area (Å²) in [5.41, 5.74) is 4.53. The molecule has 0 N–H and O–H groups in total. The monoisotopic (exact) mass is 441 g/mol. The molecule has 0 radical (unpaired) electrons. The van der Waals surface area contributed by atoms with Gasteiger partial charge in [0.15, 0.2) is 0 Å². The molecule has 30 heavy (non-hydrogen) atoms. The number of halogens is 2. The van der Waals surface area contributed by atoms with Crippen molar-refractivity contribution in [3.05, 3.63) is 63.8 Å². The van der Waals surface area contributed by atoms with Crippen LogP contribution in [0.15, 0.2) is 42.5 Å². The van der Waals surface area contributed by atoms with Crippen molar-refractivity contribution < 1.29 is 4.79 Å². The molecule has 6 heteroatoms. The lowest BCUT2D eigenvalue weighted by Gasteiger charge is -2.40. The van der Waals surface area contributed by atoms with Crippen LogP contribution < -0.4 is 4.90 Å². The highest BCUT2D eigenvalue weighted by atomic mass is 35.5. The summed E-state index contributed by atoms with van der Waals surface area (Å²) in [6.07, 6.45) is 3.32. The van der Waals surface area contributed by atoms with Crippen molar-refractivity contribution in [2.45, 2.75) is 32.2 Å². The highest BCUT2D eigenvalue weighted by Crippen LogP contribution is 2.41. The average molecular weight is 442 g/mol. The Balaban J connectivity index is 1.68. The maximum atomic E-state index is 12.6. The van der Waals surface area contributed by atoms with Crippen molar-refractivity contribution >= 4 is 45.7 Å². The number of benzene rings is 2. The first-order valence-electron chi connectivity index (χ1n) is 10.6. The summed E-state index contributed by atoms with van der Waals surface area (Å²) >= 11 is 12.6. The molecule has 0 aliphatic carbocycles. The van der Waals surface area contributed by atoms with Gasteiger partial charge < -0.3 is 9.80 Å². The van der Waals surface area contributed by atoms with E-state index >= 15 is 0 Å². The molecule has 156 valence electrons. The molecule has 3 aromatic rings. The van der Waals surface area contributed by atoms with Crippen LogP contribution in [0.25, 0.3) is 10.9 Å². The van der Waals surface area contributed by atoms with Crippen LogP contribution in [0.4, 0.5) is 5.69 Å². The fourth-order valence-corrected chi connectivity index (χ4v) is 5.50. The summed E-state index contributed by atoms with van der Waals surface area (Å²) in [6.45, 7) is 5.71. The molecule has 1 aromatic heterocycles. The van der Waals surface area contributed by atoms with E-state index in [0.29, 0.717) is 10.0 Å². The Kier molecular flexibility index (Phi) is 5.26. The van der Waals surface area contributed by atoms with Gasteiger partial charge >= 0.3 is 0 Å². The molecule has 0 saturated carbocycles. The van der Waals surface area contributed by atoms with E-state index in [1.807, 2.05) is 22.8 Å². The van der Waals surface area contributed by atoms with Gasteiger partial charge in [-0.05, 0) is 50.2 Å². The second kappa shape index (κ2) is 7.92. The van der Waals surface area contributed by atoms with Gasteiger partial charge in [0.05, 0.1) is 21.6 Å². The number of hydrogen-bond acceptors (Lipinski definition) is 3. The molecule has 1 atom stereocenters. The average Bonchev–Trinajstić information content (AvgIpc) is 3.36. The maximum Gasteiger partial charge on any atom is 0.228 e. The summed E-state index contributed by atoms with van der Waals surface area (Å²) < 4.78 is 1.92. The van der Waals surface area contributed by atoms with Gasteiger partial charge in [-0.25, -0.2) is 0 Å². The van der Waals surface area contributed by atoms with Gasteiger partial charge in [-0.15, -0.1) is 0 Å². The summed E-state index contributed by atoms with van der Waals surface area (Å²) in [4.78, 5) is 17.6. The van der Waals surface area contributed by atoms with E-state index in [1.54, 1.807) is 6.92 Å². The predicted octanol–water partition coefficient (Wildman–Crippen LogP) is 5.81. The number of likely N-dealkylation sites (tertiary alicyclic amines) is 1. The van der Waals surface area contributed by atoms with Crippen molar-refractivity contribution in [2.75, 3.05) is 31.1 Å². The second-order valence-electron chi connectivity index (χ2n) is 8.30. The van der Waals surface area contributed by atoms with Crippen molar-refractivity contribution in [3.8, 4) is 0 Å². The lowest BCUT2D eigenvalue weighted by Crippen LogP contribution is -2.42. The van der Waals surface area contributed by atoms with E-state index in [2.05, 4.69) is 34.1 Å². The number of rotatable bonds is 3. The van der Waals surface area contributed by atoms with Gasteiger partial charge in [0.2, 0.25) is 5.91 Å². The molecule has 4 nitrogen and oxygen atoms in total. The van der Waals surface area contributed by atoms with Gasteiger partial charge in [0.1, 0.15) is 0 Å². The number of para-hydroxylation sites is 1. The fraction of sp³-hybridized carbons (Fsp3) is 0.375. The smallest absolute Gasteiger partial charge is 0.228 e. The van der Waals surface area contributed by atoms with Crippen LogP contribution in [0.5, 0.6) is 0 Å². The van der Waals surface area contributed by atoms with Crippen LogP contribution in [0.1, 0.15) is 41.9 Å². The summed E-state index contributed by atoms with van der Waals surface area (Å²) in [5.74, 6) is 0.0790. The van der Waals surface area contributed by atoms with Crippen molar-refractivity contribution in [3.63, 3.8) is 0 Å². The molecule has 0 amide bonds. The largest absolute Gasteiger partial charge is 0.363 e. The van der Waals surface area contributed by atoms with Gasteiger partial charge in [-0.3, -0.25) is 9.36 Å². The van der Waals surface area contributed by atoms with Crippen LogP contribution in [0.3, 0.4) is 0 Å². The molecule has 2 aliphatic rings. The Morgan fingerprint density at radius 1 is 1.03 bits per heavy atom. The Bertz CT molecular complexity index is 1120. The molecule has 2 aromatic carbocycles. The van der Waals surface area contributed by atoms with Crippen LogP contribution in [-0.2, 0) is 6.42 Å². The van der Waals surface area contributed by atoms with Crippen molar-refractivity contribution in [1.29, 1.82) is 0 Å². The van der Waals surface area contributed by atoms with Crippen molar-refractivity contribution in [1.82, 2.24) is 9.47 Å². The number of nitrogens with zero attached hydrogens (tertiary/aromatic N) is 3. The number of hydrogen-bond donors (Lipinski definition) is 0. The second-order valence-corrected chi connectivity index (χ2v) is 9.11. The van der Waals surface area contributed by atoms with E-state index in [4.69, 9.17) is 23.2 Å². The zero-order chi connectivity index (χ0) is 20.8. The lowest BCUT2D eigenvalue weighted by molar-refractivity contribution is 0.0938. The van der Waals surface area contributed by atoms with E-state index < -0.39 is 0 Å². The first-order chi connectivity index (χ1) is 14.5. The van der Waals surface area contributed by atoms with Gasteiger partial charge in [0.25, 0.3) is 0 Å². The van der Waals surface area contributed by atoms with Crippen LogP contribution in [0.2, 0.25) is 10.0 Å². The predicted molar refractivity (Wildman–Crippen MR) is 124 cm³/mol. The zero-order valence-corrected chi connectivity index (χ0v) is 18.6. The number of fused-ring (bicyclic) bond motifs is 3. The fourth-order valence-electron chi connectivity index (χ4n) is 5.21. The van der Waals surface area contributed by atoms with Crippen LogP contribution in [-0.4, -0.2) is 41.6 Å². The number of carbonyl (C=O) groups is 1. The topological polar surface area (TPSA) is 28.5 Å². The molecule has 1 unspecified atom stereocenters. The SMILES string of the molecule is CC(=O)n1c2c(c3ccccc31)C(CN1CCCC1)N(c1ccc(Cl)c(Cl)c1)CC2. The minimum absolute atomic E-state index is 0.0790. The van der Waals surface area contributed by atoms with E-state index in [1.165, 1.54) is 23.8 Å². The van der Waals surface area contributed by atoms with Crippen molar-refractivity contribution in [2.24, 2.45) is 0 Å². The third-order valence-corrected chi connectivity index (χ3v) is 7.23. The molecule has 1 saturated heterocycles. The molecule has 0 spiro atoms. The molecular formula is C24H25Cl2N3O. The first kappa shape index (κ1) is 19.9. The normalized spacial score (nSPS) is 19.4. The lowest BCUT2D eigenvalue weighted by atomic mass is 9.94. The maximum absolute atomic E-state index is 12.6. The Labute approximate surface area is 187 Å². The Morgan fingerprint density at radius 2 is 1.80 bits per heavy atom. The highest BCUT2D eigenvalue weighted by molar-refractivity contribution is 6.42. The van der Waals surface area contributed by atoms with Crippen LogP contribution >= 0.6 is 23.2 Å². The third kappa shape index (κ3) is 3.31. The number of aromatic nitrogens is 1. The quantitative estimate of drug-likeness (QED) is 0.513. The van der Waals surface area contributed by atoms with Crippen LogP contribution in [0, 0.1) is 0 Å².